The maximum atomic E-state index is 15.0. The van der Waals surface area contributed by atoms with Gasteiger partial charge in [0, 0.05) is 29.3 Å². The second kappa shape index (κ2) is 17.9. The fourth-order valence-corrected chi connectivity index (χ4v) is 9.61. The van der Waals surface area contributed by atoms with Crippen molar-refractivity contribution in [3.05, 3.63) is 42.1 Å². The number of rotatable bonds is 11. The molecule has 4 amide bonds. The fraction of sp³-hybridized carbons (Fsp3) is 0.619. The molecule has 0 unspecified atom stereocenters. The summed E-state index contributed by atoms with van der Waals surface area (Å²) >= 11 is 0. The van der Waals surface area contributed by atoms with Gasteiger partial charge in [-0.2, -0.15) is 13.2 Å². The lowest BCUT2D eigenvalue weighted by Gasteiger charge is -2.35. The van der Waals surface area contributed by atoms with Crippen LogP contribution in [0.2, 0.25) is 0 Å². The molecule has 1 aromatic carbocycles. The number of benzene rings is 1. The Balaban J connectivity index is 1.40. The summed E-state index contributed by atoms with van der Waals surface area (Å²) in [5.41, 5.74) is -4.49. The Hall–Kier alpha value is -5.14. The van der Waals surface area contributed by atoms with E-state index in [0.29, 0.717) is 75.3 Å². The summed E-state index contributed by atoms with van der Waals surface area (Å²) in [5.74, 6) is -4.00. The number of alkyl halides is 3. The minimum absolute atomic E-state index is 0.0124. The average molecular weight is 894 g/mol. The molecule has 0 bridgehead atoms. The fourth-order valence-electron chi connectivity index (χ4n) is 8.24. The number of sulfonamides is 1. The number of amides is 4. The lowest BCUT2D eigenvalue weighted by Crippen LogP contribution is -2.59. The topological polar surface area (TPSA) is 209 Å². The van der Waals surface area contributed by atoms with Crippen LogP contribution in [0.25, 0.3) is 10.8 Å². The van der Waals surface area contributed by atoms with Gasteiger partial charge in [-0.1, -0.05) is 38.8 Å². The third kappa shape index (κ3) is 9.73. The van der Waals surface area contributed by atoms with E-state index >= 15 is 4.79 Å². The van der Waals surface area contributed by atoms with Crippen molar-refractivity contribution >= 4 is 50.6 Å². The summed E-state index contributed by atoms with van der Waals surface area (Å²) in [4.78, 5) is 75.1. The Labute approximate surface area is 358 Å². The van der Waals surface area contributed by atoms with Crippen LogP contribution in [0, 0.1) is 17.8 Å². The Morgan fingerprint density at radius 1 is 1.03 bits per heavy atom. The van der Waals surface area contributed by atoms with Gasteiger partial charge in [-0.05, 0) is 82.4 Å². The molecule has 0 radical (unpaired) electrons. The van der Waals surface area contributed by atoms with E-state index in [4.69, 9.17) is 18.9 Å². The third-order valence-corrected chi connectivity index (χ3v) is 14.3. The third-order valence-electron chi connectivity index (χ3n) is 12.4. The van der Waals surface area contributed by atoms with Crippen molar-refractivity contribution in [1.82, 2.24) is 25.2 Å². The lowest BCUT2D eigenvalue weighted by atomic mass is 9.83. The number of carbonyl (C=O) groups excluding carboxylic acids is 5. The lowest BCUT2D eigenvalue weighted by molar-refractivity contribution is -0.244. The highest BCUT2D eigenvalue weighted by Gasteiger charge is 2.62. The summed E-state index contributed by atoms with van der Waals surface area (Å²) in [5, 5.41) is 5.21. The number of methoxy groups -OCH3 is 2. The van der Waals surface area contributed by atoms with Crippen LogP contribution < -0.4 is 24.8 Å². The molecule has 20 heteroatoms. The van der Waals surface area contributed by atoms with Crippen LogP contribution in [0.15, 0.2) is 36.5 Å². The van der Waals surface area contributed by atoms with E-state index in [1.54, 1.807) is 31.2 Å². The number of ether oxygens (including phenoxy) is 4. The molecule has 340 valence electrons. The normalized spacial score (nSPS) is 27.7. The van der Waals surface area contributed by atoms with Gasteiger partial charge in [-0.15, -0.1) is 0 Å². The van der Waals surface area contributed by atoms with E-state index in [0.717, 1.165) is 4.90 Å². The quantitative estimate of drug-likeness (QED) is 0.199. The minimum Gasteiger partial charge on any atom is -0.497 e. The highest BCUT2D eigenvalue weighted by molar-refractivity contribution is 7.91. The molecular weight excluding hydrogens is 840 g/mol. The first kappa shape index (κ1) is 46.4. The van der Waals surface area contributed by atoms with Crippen LogP contribution in [-0.2, 0) is 33.9 Å². The number of hydrogen-bond acceptors (Lipinski definition) is 12. The zero-order valence-electron chi connectivity index (χ0n) is 35.5. The van der Waals surface area contributed by atoms with Gasteiger partial charge in [-0.25, -0.2) is 23.0 Å². The van der Waals surface area contributed by atoms with Crippen LogP contribution in [0.5, 0.6) is 11.6 Å². The zero-order valence-corrected chi connectivity index (χ0v) is 36.3. The van der Waals surface area contributed by atoms with Gasteiger partial charge in [-0.3, -0.25) is 19.1 Å². The van der Waals surface area contributed by atoms with Crippen LogP contribution in [-0.4, -0.2) is 110 Å². The maximum absolute atomic E-state index is 15.0. The molecule has 2 aliphatic heterocycles. The number of alkyl carbamates (subject to hydrolysis) is 1. The van der Waals surface area contributed by atoms with E-state index in [1.807, 2.05) is 13.0 Å². The summed E-state index contributed by atoms with van der Waals surface area (Å²) < 4.78 is 91.2. The first-order valence-electron chi connectivity index (χ1n) is 20.8. The van der Waals surface area contributed by atoms with Crippen molar-refractivity contribution in [2.24, 2.45) is 17.8 Å². The number of aromatic nitrogens is 1. The van der Waals surface area contributed by atoms with Crippen molar-refractivity contribution in [3.63, 3.8) is 0 Å². The number of fused-ring (bicyclic) bond motifs is 3. The molecule has 1 saturated heterocycles. The highest BCUT2D eigenvalue weighted by Crippen LogP contribution is 2.46. The van der Waals surface area contributed by atoms with E-state index in [2.05, 4.69) is 20.3 Å². The van der Waals surface area contributed by atoms with Crippen LogP contribution >= 0.6 is 0 Å². The number of hydrogen-bond donors (Lipinski definition) is 3. The summed E-state index contributed by atoms with van der Waals surface area (Å²) in [6, 6.07) is 1.95. The second-order valence-corrected chi connectivity index (χ2v) is 19.0. The summed E-state index contributed by atoms with van der Waals surface area (Å²) in [7, 11) is -1.36. The predicted octanol–water partition coefficient (Wildman–Crippen LogP) is 5.09. The summed E-state index contributed by atoms with van der Waals surface area (Å²) in [6.45, 7) is 4.83. The zero-order chi connectivity index (χ0) is 45.4. The molecule has 3 heterocycles. The Morgan fingerprint density at radius 2 is 1.76 bits per heavy atom. The Kier molecular flexibility index (Phi) is 13.4. The smallest absolute Gasteiger partial charge is 0.427 e. The van der Waals surface area contributed by atoms with Gasteiger partial charge >= 0.3 is 18.2 Å². The molecule has 2 saturated carbocycles. The molecule has 16 nitrogen and oxygen atoms in total. The molecule has 62 heavy (non-hydrogen) atoms. The standard InChI is InChI=1S/C42H54F3N5O11S/c1-7-23-11-9-10-12-25-20-41(25,38(54)49-62(56,57)28-14-15-28)48-34(51)32-19-27(60-35-29-16-13-26(58-5)18-30(29)31(21-46-35)37(53)59-6)22-50(32)36(52)33(24(8-2)17-23)47-39(55)61-40(3,4)42(43,44)45/h10,12-13,16,18,21,23-25,27-28,32-33H,7-9,11,14-15,17,19-20,22H2,1-6H3,(H,47,55)(H,48,51)(H,49,54)/b12-10-/t23-,24-,25+,27-,32+,33+,41-/m1/s1. The highest BCUT2D eigenvalue weighted by atomic mass is 32.2. The molecule has 2 aromatic rings. The largest absolute Gasteiger partial charge is 0.497 e. The number of carbonyl (C=O) groups is 5. The molecule has 0 spiro atoms. The van der Waals surface area contributed by atoms with Crippen molar-refractivity contribution in [1.29, 1.82) is 0 Å². The molecule has 7 atom stereocenters. The molecule has 3 N–H and O–H groups in total. The van der Waals surface area contributed by atoms with Crippen LogP contribution in [0.4, 0.5) is 18.0 Å². The maximum Gasteiger partial charge on any atom is 0.427 e. The van der Waals surface area contributed by atoms with Gasteiger partial charge in [0.15, 0.2) is 0 Å². The first-order chi connectivity index (χ1) is 29.2. The number of esters is 1. The Bertz CT molecular complexity index is 2220. The van der Waals surface area contributed by atoms with Crippen LogP contribution in [0.3, 0.4) is 0 Å². The molecule has 2 aliphatic carbocycles. The monoisotopic (exact) mass is 893 g/mol. The van der Waals surface area contributed by atoms with Gasteiger partial charge in [0.1, 0.15) is 29.5 Å². The van der Waals surface area contributed by atoms with Gasteiger partial charge in [0.25, 0.3) is 5.91 Å². The number of nitrogens with one attached hydrogen (secondary N) is 3. The number of allylic oxidation sites excluding steroid dienone is 1. The minimum atomic E-state index is -4.94. The van der Waals surface area contributed by atoms with E-state index in [-0.39, 0.29) is 36.7 Å². The molecule has 4 aliphatic rings. The van der Waals surface area contributed by atoms with Gasteiger partial charge in [0.05, 0.1) is 31.6 Å². The SMILES string of the molecule is CC[C@@H]1CC/C=C\[C@H]2C[C@@]2(C(=O)NS(=O)(=O)C2CC2)NC(=O)[C@@H]2C[C@@H](Oc3ncc(C(=O)OC)c4cc(OC)ccc34)CN2C(=O)[C@@H](NC(=O)OC(C)(C)C(F)(F)F)[C@H](CC)C1. The molecule has 1 aromatic heterocycles. The second-order valence-electron chi connectivity index (χ2n) is 17.0. The molecule has 3 fully saturated rings. The first-order valence-corrected chi connectivity index (χ1v) is 22.4. The van der Waals surface area contributed by atoms with E-state index in [9.17, 15) is 40.8 Å². The van der Waals surface area contributed by atoms with E-state index in [1.165, 1.54) is 20.4 Å². The average Bonchev–Trinajstić information content (AvgIpc) is 4.15. The molecular formula is C42H54F3N5O11S. The number of pyridine rings is 1. The van der Waals surface area contributed by atoms with Crippen molar-refractivity contribution in [2.45, 2.75) is 126 Å². The molecule has 6 rings (SSSR count). The van der Waals surface area contributed by atoms with Crippen molar-refractivity contribution in [2.75, 3.05) is 20.8 Å². The number of halogens is 3. The Morgan fingerprint density at radius 3 is 2.39 bits per heavy atom. The van der Waals surface area contributed by atoms with Crippen molar-refractivity contribution < 1.29 is 64.5 Å². The summed E-state index contributed by atoms with van der Waals surface area (Å²) in [6.07, 6.45) is 0.658. The van der Waals surface area contributed by atoms with Gasteiger partial charge in [0.2, 0.25) is 33.3 Å². The van der Waals surface area contributed by atoms with Crippen LogP contribution in [0.1, 0.15) is 95.8 Å². The predicted molar refractivity (Wildman–Crippen MR) is 217 cm³/mol. The van der Waals surface area contributed by atoms with Crippen molar-refractivity contribution in [3.8, 4) is 11.6 Å². The van der Waals surface area contributed by atoms with Gasteiger partial charge < -0.3 is 34.5 Å². The number of nitrogens with zero attached hydrogens (tertiary/aromatic N) is 2. The van der Waals surface area contributed by atoms with E-state index < -0.39 is 92.4 Å².